The van der Waals surface area contributed by atoms with E-state index in [1.165, 1.54) is 30.9 Å². The van der Waals surface area contributed by atoms with Crippen molar-refractivity contribution in [2.45, 2.75) is 25.7 Å². The highest BCUT2D eigenvalue weighted by atomic mass is 16.6. The van der Waals surface area contributed by atoms with Crippen molar-refractivity contribution in [2.24, 2.45) is 7.05 Å². The minimum Gasteiger partial charge on any atom is -0.469 e. The van der Waals surface area contributed by atoms with E-state index < -0.39 is 4.92 Å². The number of amides is 1. The van der Waals surface area contributed by atoms with Gasteiger partial charge in [-0.1, -0.05) is 6.42 Å². The fraction of sp³-hybridized carbons (Fsp3) is 0.538. The molecule has 0 aromatic carbocycles. The smallest absolute Gasteiger partial charge is 0.323 e. The quantitative estimate of drug-likeness (QED) is 0.338. The number of hydrogen-bond donors (Lipinski definition) is 1. The van der Waals surface area contributed by atoms with Gasteiger partial charge in [-0.2, -0.15) is 0 Å². The van der Waals surface area contributed by atoms with Gasteiger partial charge in [-0.05, 0) is 23.8 Å². The highest BCUT2D eigenvalue weighted by Gasteiger charge is 2.19. The second-order valence-electron chi connectivity index (χ2n) is 4.54. The van der Waals surface area contributed by atoms with Crippen molar-refractivity contribution < 1.29 is 19.2 Å². The largest absolute Gasteiger partial charge is 0.469 e. The fourth-order valence-corrected chi connectivity index (χ4v) is 1.88. The number of nitrogens with one attached hydrogen (secondary N) is 1. The van der Waals surface area contributed by atoms with Gasteiger partial charge in [-0.15, -0.1) is 0 Å². The second kappa shape index (κ2) is 8.03. The average molecular weight is 297 g/mol. The summed E-state index contributed by atoms with van der Waals surface area (Å²) in [5.41, 5.74) is 0.247. The Bertz CT molecular complexity index is 524. The summed E-state index contributed by atoms with van der Waals surface area (Å²) in [7, 11) is 2.82. The molecule has 0 atom stereocenters. The van der Waals surface area contributed by atoms with Crippen molar-refractivity contribution >= 4 is 17.7 Å². The maximum atomic E-state index is 11.9. The van der Waals surface area contributed by atoms with Crippen molar-refractivity contribution in [3.8, 4) is 0 Å². The molecule has 1 N–H and O–H groups in total. The van der Waals surface area contributed by atoms with Gasteiger partial charge in [0, 0.05) is 19.0 Å². The summed E-state index contributed by atoms with van der Waals surface area (Å²) >= 11 is 0. The van der Waals surface area contributed by atoms with E-state index in [0.717, 1.165) is 12.8 Å². The summed E-state index contributed by atoms with van der Waals surface area (Å²) in [4.78, 5) is 32.9. The predicted octanol–water partition coefficient (Wildman–Crippen LogP) is 1.40. The first-order chi connectivity index (χ1) is 9.97. The molecule has 0 spiro atoms. The summed E-state index contributed by atoms with van der Waals surface area (Å²) in [6.07, 6.45) is 2.60. The van der Waals surface area contributed by atoms with Crippen molar-refractivity contribution in [3.63, 3.8) is 0 Å². The topological polar surface area (TPSA) is 103 Å². The number of methoxy groups -OCH3 is 1. The number of carbonyl (C=O) groups is 2. The zero-order chi connectivity index (χ0) is 15.8. The summed E-state index contributed by atoms with van der Waals surface area (Å²) in [6, 6.07) is 2.72. The van der Waals surface area contributed by atoms with Crippen molar-refractivity contribution in [1.29, 1.82) is 0 Å². The van der Waals surface area contributed by atoms with Gasteiger partial charge in [0.1, 0.15) is 0 Å². The van der Waals surface area contributed by atoms with Crippen LogP contribution in [0.5, 0.6) is 0 Å². The van der Waals surface area contributed by atoms with E-state index in [1.807, 2.05) is 0 Å². The molecular weight excluding hydrogens is 278 g/mol. The Hall–Kier alpha value is -2.38. The van der Waals surface area contributed by atoms with Crippen molar-refractivity contribution in [3.05, 3.63) is 27.9 Å². The SMILES string of the molecule is COC(=O)CCCCCNC(=O)c1ccc([N+](=O)[O-])n1C. The third-order valence-electron chi connectivity index (χ3n) is 3.09. The maximum absolute atomic E-state index is 11.9. The summed E-state index contributed by atoms with van der Waals surface area (Å²) < 4.78 is 5.76. The molecule has 0 saturated carbocycles. The number of esters is 1. The molecule has 21 heavy (non-hydrogen) atoms. The number of nitrogens with zero attached hydrogens (tertiary/aromatic N) is 2. The minimum atomic E-state index is -0.538. The minimum absolute atomic E-state index is 0.127. The number of carbonyl (C=O) groups excluding carboxylic acids is 2. The monoisotopic (exact) mass is 297 g/mol. The van der Waals surface area contributed by atoms with E-state index in [-0.39, 0.29) is 23.4 Å². The van der Waals surface area contributed by atoms with Gasteiger partial charge in [0.2, 0.25) is 0 Å². The highest BCUT2D eigenvalue weighted by Crippen LogP contribution is 2.14. The van der Waals surface area contributed by atoms with E-state index in [9.17, 15) is 19.7 Å². The number of unbranched alkanes of at least 4 members (excludes halogenated alkanes) is 2. The molecule has 0 aliphatic carbocycles. The molecule has 0 aliphatic heterocycles. The first-order valence-electron chi connectivity index (χ1n) is 6.62. The van der Waals surface area contributed by atoms with E-state index in [2.05, 4.69) is 10.1 Å². The van der Waals surface area contributed by atoms with Crippen LogP contribution in [0.3, 0.4) is 0 Å². The van der Waals surface area contributed by atoms with Crippen LogP contribution in [-0.2, 0) is 16.6 Å². The van der Waals surface area contributed by atoms with Crippen LogP contribution in [0.25, 0.3) is 0 Å². The van der Waals surface area contributed by atoms with Gasteiger partial charge in [-0.25, -0.2) is 4.57 Å². The molecule has 1 rings (SSSR count). The maximum Gasteiger partial charge on any atom is 0.323 e. The molecule has 0 saturated heterocycles. The summed E-state index contributed by atoms with van der Waals surface area (Å²) in [5, 5.41) is 13.4. The predicted molar refractivity (Wildman–Crippen MR) is 74.9 cm³/mol. The Morgan fingerprint density at radius 1 is 1.33 bits per heavy atom. The van der Waals surface area contributed by atoms with Crippen molar-refractivity contribution in [1.82, 2.24) is 9.88 Å². The second-order valence-corrected chi connectivity index (χ2v) is 4.54. The molecular formula is C13H19N3O5. The Kier molecular flexibility index (Phi) is 6.38. The lowest BCUT2D eigenvalue weighted by molar-refractivity contribution is -0.391. The molecule has 1 aromatic heterocycles. The van der Waals surface area contributed by atoms with E-state index in [1.54, 1.807) is 0 Å². The number of hydrogen-bond acceptors (Lipinski definition) is 5. The van der Waals surface area contributed by atoms with Crippen LogP contribution in [0.15, 0.2) is 12.1 Å². The zero-order valence-electron chi connectivity index (χ0n) is 12.1. The lowest BCUT2D eigenvalue weighted by Gasteiger charge is -2.04. The van der Waals surface area contributed by atoms with Crippen LogP contribution in [0.4, 0.5) is 5.82 Å². The molecule has 0 fully saturated rings. The number of rotatable bonds is 8. The Labute approximate surface area is 122 Å². The van der Waals surface area contributed by atoms with Crippen LogP contribution in [0.1, 0.15) is 36.2 Å². The van der Waals surface area contributed by atoms with Gasteiger partial charge in [-0.3, -0.25) is 9.59 Å². The molecule has 0 aliphatic rings. The van der Waals surface area contributed by atoms with Crippen LogP contribution in [0, 0.1) is 10.1 Å². The van der Waals surface area contributed by atoms with Crippen LogP contribution >= 0.6 is 0 Å². The van der Waals surface area contributed by atoms with Crippen LogP contribution in [-0.4, -0.2) is 35.0 Å². The van der Waals surface area contributed by atoms with Gasteiger partial charge < -0.3 is 20.2 Å². The molecule has 0 radical (unpaired) electrons. The zero-order valence-corrected chi connectivity index (χ0v) is 12.1. The lowest BCUT2D eigenvalue weighted by atomic mass is 10.2. The Balaban J connectivity index is 2.31. The van der Waals surface area contributed by atoms with Gasteiger partial charge >= 0.3 is 11.8 Å². The van der Waals surface area contributed by atoms with Crippen LogP contribution in [0.2, 0.25) is 0 Å². The van der Waals surface area contributed by atoms with E-state index in [0.29, 0.717) is 19.4 Å². The standard InChI is InChI=1S/C13H19N3O5/c1-15-10(7-8-11(15)16(19)20)13(18)14-9-5-3-4-6-12(17)21-2/h7-8H,3-6,9H2,1-2H3,(H,14,18). The number of ether oxygens (including phenoxy) is 1. The van der Waals surface area contributed by atoms with Crippen LogP contribution < -0.4 is 5.32 Å². The first kappa shape index (κ1) is 16.7. The number of nitro groups is 1. The fourth-order valence-electron chi connectivity index (χ4n) is 1.88. The third-order valence-corrected chi connectivity index (χ3v) is 3.09. The highest BCUT2D eigenvalue weighted by molar-refractivity contribution is 5.93. The molecule has 1 aromatic rings. The third kappa shape index (κ3) is 4.90. The van der Waals surface area contributed by atoms with E-state index >= 15 is 0 Å². The molecule has 8 heteroatoms. The Morgan fingerprint density at radius 2 is 2.05 bits per heavy atom. The molecule has 0 unspecified atom stereocenters. The molecule has 1 amide bonds. The Morgan fingerprint density at radius 3 is 2.62 bits per heavy atom. The first-order valence-corrected chi connectivity index (χ1v) is 6.62. The average Bonchev–Trinajstić information content (AvgIpc) is 2.84. The molecule has 1 heterocycles. The van der Waals surface area contributed by atoms with E-state index in [4.69, 9.17) is 0 Å². The van der Waals surface area contributed by atoms with Gasteiger partial charge in [0.25, 0.3) is 5.91 Å². The lowest BCUT2D eigenvalue weighted by Crippen LogP contribution is -2.26. The number of aromatic nitrogens is 1. The molecule has 8 nitrogen and oxygen atoms in total. The van der Waals surface area contributed by atoms with Crippen molar-refractivity contribution in [2.75, 3.05) is 13.7 Å². The summed E-state index contributed by atoms with van der Waals surface area (Å²) in [5.74, 6) is -0.716. The molecule has 116 valence electrons. The molecule has 0 bridgehead atoms. The summed E-state index contributed by atoms with van der Waals surface area (Å²) in [6.45, 7) is 0.457. The normalized spacial score (nSPS) is 10.2. The van der Waals surface area contributed by atoms with Gasteiger partial charge in [0.15, 0.2) is 5.69 Å². The van der Waals surface area contributed by atoms with Gasteiger partial charge in [0.05, 0.1) is 14.2 Å².